The number of rotatable bonds is 5. The Bertz CT molecular complexity index is 822. The molecule has 0 aliphatic heterocycles. The van der Waals surface area contributed by atoms with Gasteiger partial charge >= 0.3 is 0 Å². The molecule has 3 rings (SSSR count). The minimum Gasteiger partial charge on any atom is -0.507 e. The first-order valence-corrected chi connectivity index (χ1v) is 7.97. The van der Waals surface area contributed by atoms with Gasteiger partial charge in [-0.25, -0.2) is 4.68 Å². The molecule has 3 aromatic rings. The SMILES string of the molecule is CCC(CC)c1c(CO)nnn1-c1cccc2c(O)cccc12. The lowest BCUT2D eigenvalue weighted by molar-refractivity contribution is 0.274. The van der Waals surface area contributed by atoms with E-state index in [1.165, 1.54) is 0 Å². The normalized spacial score (nSPS) is 11.5. The molecule has 1 heterocycles. The average molecular weight is 311 g/mol. The molecule has 0 aliphatic rings. The second kappa shape index (κ2) is 6.38. The van der Waals surface area contributed by atoms with E-state index in [1.807, 2.05) is 35.0 Å². The maximum atomic E-state index is 10.1. The van der Waals surface area contributed by atoms with E-state index in [-0.39, 0.29) is 18.3 Å². The molecule has 0 bridgehead atoms. The van der Waals surface area contributed by atoms with Crippen LogP contribution in [0.5, 0.6) is 5.75 Å². The van der Waals surface area contributed by atoms with E-state index in [2.05, 4.69) is 24.2 Å². The van der Waals surface area contributed by atoms with Gasteiger partial charge in [-0.2, -0.15) is 0 Å². The smallest absolute Gasteiger partial charge is 0.123 e. The maximum absolute atomic E-state index is 10.1. The van der Waals surface area contributed by atoms with Crippen molar-refractivity contribution in [2.24, 2.45) is 0 Å². The molecule has 0 fully saturated rings. The van der Waals surface area contributed by atoms with E-state index < -0.39 is 0 Å². The van der Waals surface area contributed by atoms with Gasteiger partial charge in [0, 0.05) is 16.7 Å². The van der Waals surface area contributed by atoms with Gasteiger partial charge in [-0.1, -0.05) is 43.3 Å². The Morgan fingerprint density at radius 2 is 1.74 bits per heavy atom. The van der Waals surface area contributed by atoms with Crippen molar-refractivity contribution in [3.8, 4) is 11.4 Å². The lowest BCUT2D eigenvalue weighted by Gasteiger charge is -2.17. The van der Waals surface area contributed by atoms with Gasteiger partial charge in [0.1, 0.15) is 11.4 Å². The molecule has 2 aromatic carbocycles. The van der Waals surface area contributed by atoms with E-state index in [4.69, 9.17) is 0 Å². The first-order valence-electron chi connectivity index (χ1n) is 7.97. The molecule has 2 N–H and O–H groups in total. The average Bonchev–Trinajstić information content (AvgIpc) is 3.00. The summed E-state index contributed by atoms with van der Waals surface area (Å²) < 4.78 is 1.81. The molecular formula is C18H21N3O2. The van der Waals surface area contributed by atoms with Crippen LogP contribution in [-0.4, -0.2) is 25.2 Å². The molecule has 5 heteroatoms. The molecule has 0 spiro atoms. The van der Waals surface area contributed by atoms with E-state index in [0.29, 0.717) is 5.69 Å². The van der Waals surface area contributed by atoms with Crippen LogP contribution in [0.4, 0.5) is 0 Å². The molecule has 0 amide bonds. The molecular weight excluding hydrogens is 290 g/mol. The Hall–Kier alpha value is -2.40. The number of hydrogen-bond acceptors (Lipinski definition) is 4. The highest BCUT2D eigenvalue weighted by Crippen LogP contribution is 2.32. The molecule has 0 saturated carbocycles. The Labute approximate surface area is 135 Å². The fraction of sp³-hybridized carbons (Fsp3) is 0.333. The zero-order valence-corrected chi connectivity index (χ0v) is 13.4. The number of aliphatic hydroxyl groups is 1. The molecule has 0 atom stereocenters. The highest BCUT2D eigenvalue weighted by Gasteiger charge is 2.21. The van der Waals surface area contributed by atoms with Crippen molar-refractivity contribution in [2.45, 2.75) is 39.2 Å². The summed E-state index contributed by atoms with van der Waals surface area (Å²) in [4.78, 5) is 0. The Balaban J connectivity index is 2.28. The second-order valence-electron chi connectivity index (χ2n) is 5.65. The van der Waals surface area contributed by atoms with Crippen molar-refractivity contribution < 1.29 is 10.2 Å². The third kappa shape index (κ3) is 2.57. The predicted octanol–water partition coefficient (Wildman–Crippen LogP) is 3.52. The number of fused-ring (bicyclic) bond motifs is 1. The van der Waals surface area contributed by atoms with Gasteiger partial charge < -0.3 is 10.2 Å². The fourth-order valence-electron chi connectivity index (χ4n) is 3.16. The minimum absolute atomic E-state index is 0.123. The Morgan fingerprint density at radius 1 is 1.04 bits per heavy atom. The highest BCUT2D eigenvalue weighted by molar-refractivity contribution is 5.94. The molecule has 0 radical (unpaired) electrons. The summed E-state index contributed by atoms with van der Waals surface area (Å²) in [6, 6.07) is 11.2. The largest absolute Gasteiger partial charge is 0.507 e. The van der Waals surface area contributed by atoms with Crippen LogP contribution < -0.4 is 0 Å². The minimum atomic E-state index is -0.123. The zero-order valence-electron chi connectivity index (χ0n) is 13.4. The van der Waals surface area contributed by atoms with Crippen molar-refractivity contribution in [2.75, 3.05) is 0 Å². The summed E-state index contributed by atoms with van der Waals surface area (Å²) in [6.07, 6.45) is 1.90. The number of aromatic hydroxyl groups is 1. The monoisotopic (exact) mass is 311 g/mol. The zero-order chi connectivity index (χ0) is 16.4. The van der Waals surface area contributed by atoms with Crippen LogP contribution in [0.3, 0.4) is 0 Å². The van der Waals surface area contributed by atoms with Crippen molar-refractivity contribution in [3.63, 3.8) is 0 Å². The number of nitrogens with zero attached hydrogens (tertiary/aromatic N) is 3. The van der Waals surface area contributed by atoms with Gasteiger partial charge in [-0.15, -0.1) is 5.10 Å². The maximum Gasteiger partial charge on any atom is 0.123 e. The van der Waals surface area contributed by atoms with Crippen molar-refractivity contribution in [1.82, 2.24) is 15.0 Å². The summed E-state index contributed by atoms with van der Waals surface area (Å²) >= 11 is 0. The summed E-state index contributed by atoms with van der Waals surface area (Å²) in [5, 5.41) is 29.8. The van der Waals surface area contributed by atoms with Gasteiger partial charge in [0.25, 0.3) is 0 Å². The van der Waals surface area contributed by atoms with Gasteiger partial charge in [0.05, 0.1) is 18.0 Å². The van der Waals surface area contributed by atoms with E-state index in [1.54, 1.807) is 6.07 Å². The summed E-state index contributed by atoms with van der Waals surface area (Å²) in [6.45, 7) is 4.13. The highest BCUT2D eigenvalue weighted by atomic mass is 16.3. The number of aliphatic hydroxyl groups excluding tert-OH is 1. The molecule has 5 nitrogen and oxygen atoms in total. The van der Waals surface area contributed by atoms with Gasteiger partial charge in [0.2, 0.25) is 0 Å². The van der Waals surface area contributed by atoms with Crippen LogP contribution in [0.25, 0.3) is 16.5 Å². The van der Waals surface area contributed by atoms with Crippen LogP contribution in [-0.2, 0) is 6.61 Å². The van der Waals surface area contributed by atoms with Crippen LogP contribution in [0.2, 0.25) is 0 Å². The van der Waals surface area contributed by atoms with Crippen LogP contribution in [0.15, 0.2) is 36.4 Å². The standard InChI is InChI=1S/C18H21N3O2/c1-3-12(4-2)18-15(11-22)19-20-21(18)16-9-5-8-14-13(16)7-6-10-17(14)23/h5-10,12,22-23H,3-4,11H2,1-2H3. The molecule has 0 aliphatic carbocycles. The first-order chi connectivity index (χ1) is 11.2. The first kappa shape index (κ1) is 15.5. The lowest BCUT2D eigenvalue weighted by Crippen LogP contribution is -2.09. The Kier molecular flexibility index (Phi) is 4.30. The number of aromatic nitrogens is 3. The summed E-state index contributed by atoms with van der Waals surface area (Å²) in [5.41, 5.74) is 2.44. The predicted molar refractivity (Wildman–Crippen MR) is 89.8 cm³/mol. The third-order valence-corrected chi connectivity index (χ3v) is 4.41. The molecule has 1 aromatic heterocycles. The molecule has 0 unspecified atom stereocenters. The molecule has 120 valence electrons. The van der Waals surface area contributed by atoms with Crippen LogP contribution >= 0.6 is 0 Å². The summed E-state index contributed by atoms with van der Waals surface area (Å²) in [7, 11) is 0. The molecule has 0 saturated heterocycles. The van der Waals surface area contributed by atoms with Crippen molar-refractivity contribution >= 4 is 10.8 Å². The van der Waals surface area contributed by atoms with Gasteiger partial charge in [-0.05, 0) is 25.0 Å². The van der Waals surface area contributed by atoms with Crippen molar-refractivity contribution in [3.05, 3.63) is 47.8 Å². The van der Waals surface area contributed by atoms with Gasteiger partial charge in [-0.3, -0.25) is 0 Å². The van der Waals surface area contributed by atoms with E-state index >= 15 is 0 Å². The fourth-order valence-corrected chi connectivity index (χ4v) is 3.16. The Morgan fingerprint density at radius 3 is 2.43 bits per heavy atom. The van der Waals surface area contributed by atoms with E-state index in [0.717, 1.165) is 35.0 Å². The number of phenolic OH excluding ortho intramolecular Hbond substituents is 1. The number of benzene rings is 2. The topological polar surface area (TPSA) is 71.2 Å². The number of hydrogen-bond donors (Lipinski definition) is 2. The summed E-state index contributed by atoms with van der Waals surface area (Å²) in [5.74, 6) is 0.524. The number of phenols is 1. The van der Waals surface area contributed by atoms with E-state index in [9.17, 15) is 10.2 Å². The van der Waals surface area contributed by atoms with Crippen LogP contribution in [0.1, 0.15) is 44.0 Å². The second-order valence-corrected chi connectivity index (χ2v) is 5.65. The quantitative estimate of drug-likeness (QED) is 0.756. The lowest BCUT2D eigenvalue weighted by atomic mass is 9.97. The van der Waals surface area contributed by atoms with Crippen LogP contribution in [0, 0.1) is 0 Å². The van der Waals surface area contributed by atoms with Crippen molar-refractivity contribution in [1.29, 1.82) is 0 Å². The van der Waals surface area contributed by atoms with Gasteiger partial charge in [0.15, 0.2) is 0 Å². The third-order valence-electron chi connectivity index (χ3n) is 4.41. The molecule has 23 heavy (non-hydrogen) atoms.